The minimum Gasteiger partial charge on any atom is -0.451 e. The molecule has 0 aliphatic carbocycles. The van der Waals surface area contributed by atoms with Crippen molar-refractivity contribution < 1.29 is 37.8 Å². The van der Waals surface area contributed by atoms with Gasteiger partial charge in [-0.15, -0.1) is 0 Å². The Hall–Kier alpha value is -5.07. The molecule has 13 heteroatoms. The number of H-pyrrole nitrogens is 1. The van der Waals surface area contributed by atoms with E-state index in [1.807, 2.05) is 13.8 Å². The van der Waals surface area contributed by atoms with E-state index in [2.05, 4.69) is 15.5 Å². The molecule has 1 unspecified atom stereocenters. The Morgan fingerprint density at radius 1 is 1.00 bits per heavy atom. The van der Waals surface area contributed by atoms with Crippen LogP contribution in [0.4, 0.5) is 4.39 Å². The van der Waals surface area contributed by atoms with E-state index in [1.54, 1.807) is 44.7 Å². The van der Waals surface area contributed by atoms with E-state index in [0.29, 0.717) is 42.7 Å². The van der Waals surface area contributed by atoms with E-state index in [0.717, 1.165) is 0 Å². The van der Waals surface area contributed by atoms with Crippen LogP contribution >= 0.6 is 0 Å². The fourth-order valence-electron chi connectivity index (χ4n) is 6.36. The Morgan fingerprint density at radius 3 is 2.30 bits per heavy atom. The summed E-state index contributed by atoms with van der Waals surface area (Å²) in [6, 6.07) is 11.2. The fourth-order valence-corrected chi connectivity index (χ4v) is 6.36. The number of halogens is 1. The van der Waals surface area contributed by atoms with Crippen LogP contribution in [-0.2, 0) is 23.9 Å². The number of nitrogens with zero attached hydrogens (tertiary/aromatic N) is 2. The molecule has 1 aliphatic rings. The largest absolute Gasteiger partial charge is 0.451 e. The Labute approximate surface area is 290 Å². The van der Waals surface area contributed by atoms with Crippen molar-refractivity contribution in [3.63, 3.8) is 0 Å². The van der Waals surface area contributed by atoms with Gasteiger partial charge in [0.15, 0.2) is 5.75 Å². The standard InChI is InChI=1S/C37H45FN4O8/c1-8-37(9-2,36(47)49-24(7)48-35(46)21(3)4)31-18-17-29(26-11-10-12-27(38)20-26)42(31)34(45)23(6)39-32(43)25-13-15-28(16-14-25)50-30-19-22(5)40-41-33(30)44/h10-16,19-21,23-24,29,31H,8-9,17-18H2,1-7H3,(H,39,43)(H,41,44)/t23-,24?,29+,31-/m1/s1. The first kappa shape index (κ1) is 37.7. The molecule has 1 aromatic heterocycles. The van der Waals surface area contributed by atoms with Gasteiger partial charge in [0.25, 0.3) is 5.91 Å². The summed E-state index contributed by atoms with van der Waals surface area (Å²) in [5, 5.41) is 8.92. The zero-order chi connectivity index (χ0) is 36.7. The van der Waals surface area contributed by atoms with E-state index >= 15 is 0 Å². The number of likely N-dealkylation sites (tertiary alicyclic amines) is 1. The van der Waals surface area contributed by atoms with Gasteiger partial charge in [0.2, 0.25) is 12.2 Å². The second-order valence-electron chi connectivity index (χ2n) is 12.9. The molecule has 1 fully saturated rings. The summed E-state index contributed by atoms with van der Waals surface area (Å²) in [5.74, 6) is -2.64. The van der Waals surface area contributed by atoms with Crippen LogP contribution in [0, 0.1) is 24.1 Å². The number of benzene rings is 2. The predicted molar refractivity (Wildman–Crippen MR) is 182 cm³/mol. The summed E-state index contributed by atoms with van der Waals surface area (Å²) in [6.45, 7) is 11.7. The third-order valence-electron chi connectivity index (χ3n) is 9.17. The zero-order valence-corrected chi connectivity index (χ0v) is 29.4. The summed E-state index contributed by atoms with van der Waals surface area (Å²) in [4.78, 5) is 67.5. The van der Waals surface area contributed by atoms with Crippen molar-refractivity contribution in [3.8, 4) is 11.5 Å². The number of aromatic nitrogens is 2. The van der Waals surface area contributed by atoms with Crippen molar-refractivity contribution >= 4 is 23.8 Å². The smallest absolute Gasteiger partial charge is 0.317 e. The molecule has 2 aromatic carbocycles. The molecule has 3 aromatic rings. The molecule has 1 saturated heterocycles. The molecule has 12 nitrogen and oxygen atoms in total. The van der Waals surface area contributed by atoms with Crippen LogP contribution in [0.2, 0.25) is 0 Å². The molecule has 1 aliphatic heterocycles. The van der Waals surface area contributed by atoms with Gasteiger partial charge in [-0.3, -0.25) is 24.0 Å². The van der Waals surface area contributed by atoms with E-state index in [9.17, 15) is 28.4 Å². The highest BCUT2D eigenvalue weighted by atomic mass is 19.1. The lowest BCUT2D eigenvalue weighted by Crippen LogP contribution is -2.56. The van der Waals surface area contributed by atoms with Gasteiger partial charge >= 0.3 is 17.5 Å². The van der Waals surface area contributed by atoms with Gasteiger partial charge in [0.05, 0.1) is 23.1 Å². The van der Waals surface area contributed by atoms with Crippen LogP contribution in [0.25, 0.3) is 0 Å². The fraction of sp³-hybridized carbons (Fsp3) is 0.459. The maximum atomic E-state index is 14.4. The normalized spacial score (nSPS) is 17.2. The lowest BCUT2D eigenvalue weighted by Gasteiger charge is -2.43. The van der Waals surface area contributed by atoms with Crippen molar-refractivity contribution in [2.24, 2.45) is 11.3 Å². The summed E-state index contributed by atoms with van der Waals surface area (Å²) >= 11 is 0. The lowest BCUT2D eigenvalue weighted by atomic mass is 9.74. The number of hydrogen-bond acceptors (Lipinski definition) is 9. The van der Waals surface area contributed by atoms with E-state index < -0.39 is 70.9 Å². The summed E-state index contributed by atoms with van der Waals surface area (Å²) in [5.41, 5.74) is -0.338. The maximum Gasteiger partial charge on any atom is 0.317 e. The van der Waals surface area contributed by atoms with Gasteiger partial charge in [-0.25, -0.2) is 9.49 Å². The van der Waals surface area contributed by atoms with Crippen molar-refractivity contribution in [3.05, 3.63) is 87.6 Å². The highest BCUT2D eigenvalue weighted by molar-refractivity contribution is 5.97. The van der Waals surface area contributed by atoms with E-state index in [1.165, 1.54) is 49.4 Å². The van der Waals surface area contributed by atoms with Crippen molar-refractivity contribution in [1.29, 1.82) is 0 Å². The third-order valence-corrected chi connectivity index (χ3v) is 9.17. The number of hydrogen-bond donors (Lipinski definition) is 2. The third kappa shape index (κ3) is 8.38. The van der Waals surface area contributed by atoms with Crippen LogP contribution in [0.15, 0.2) is 59.4 Å². The van der Waals surface area contributed by atoms with Crippen LogP contribution in [-0.4, -0.2) is 57.2 Å². The Kier molecular flexibility index (Phi) is 12.1. The van der Waals surface area contributed by atoms with Gasteiger partial charge in [-0.05, 0) is 81.5 Å². The number of aryl methyl sites for hydroxylation is 1. The van der Waals surface area contributed by atoms with Crippen molar-refractivity contribution in [1.82, 2.24) is 20.4 Å². The zero-order valence-electron chi connectivity index (χ0n) is 29.4. The van der Waals surface area contributed by atoms with Crippen molar-refractivity contribution in [2.45, 2.75) is 98.6 Å². The van der Waals surface area contributed by atoms with Gasteiger partial charge < -0.3 is 24.4 Å². The average molecular weight is 693 g/mol. The topological polar surface area (TPSA) is 157 Å². The molecule has 4 atom stereocenters. The predicted octanol–water partition coefficient (Wildman–Crippen LogP) is 5.76. The molecule has 50 heavy (non-hydrogen) atoms. The molecular formula is C37H45FN4O8. The first-order valence-corrected chi connectivity index (χ1v) is 16.8. The van der Waals surface area contributed by atoms with Crippen LogP contribution < -0.4 is 15.6 Å². The van der Waals surface area contributed by atoms with Gasteiger partial charge in [-0.1, -0.05) is 39.8 Å². The molecule has 0 saturated carbocycles. The number of esters is 2. The molecule has 2 N–H and O–H groups in total. The molecule has 4 rings (SSSR count). The number of ether oxygens (including phenoxy) is 3. The number of rotatable bonds is 13. The quantitative estimate of drug-likeness (QED) is 0.168. The second kappa shape index (κ2) is 16.1. The molecule has 268 valence electrons. The molecule has 0 bridgehead atoms. The number of carbonyl (C=O) groups excluding carboxylic acids is 4. The highest BCUT2D eigenvalue weighted by Gasteiger charge is 2.54. The lowest BCUT2D eigenvalue weighted by molar-refractivity contribution is -0.197. The average Bonchev–Trinajstić information content (AvgIpc) is 3.52. The molecule has 2 heterocycles. The number of nitrogens with one attached hydrogen (secondary N) is 2. The SMILES string of the molecule is CCC(CC)(C(=O)OC(C)OC(=O)C(C)C)[C@H]1CC[C@@H](c2cccc(F)c2)N1C(=O)[C@@H](C)NC(=O)c1ccc(Oc2cc(C)n[nH]c2=O)cc1. The van der Waals surface area contributed by atoms with Crippen LogP contribution in [0.1, 0.15) is 94.9 Å². The summed E-state index contributed by atoms with van der Waals surface area (Å²) < 4.78 is 31.1. The van der Waals surface area contributed by atoms with Crippen LogP contribution in [0.3, 0.4) is 0 Å². The molecule has 2 amide bonds. The van der Waals surface area contributed by atoms with Crippen LogP contribution in [0.5, 0.6) is 11.5 Å². The highest BCUT2D eigenvalue weighted by Crippen LogP contribution is 2.48. The monoisotopic (exact) mass is 692 g/mol. The summed E-state index contributed by atoms with van der Waals surface area (Å²) in [6.07, 6.45) is 0.305. The van der Waals surface area contributed by atoms with Gasteiger partial charge in [0, 0.05) is 24.6 Å². The van der Waals surface area contributed by atoms with Gasteiger partial charge in [0.1, 0.15) is 17.6 Å². The molecule has 0 radical (unpaired) electrons. The number of amides is 2. The Morgan fingerprint density at radius 2 is 1.68 bits per heavy atom. The Bertz CT molecular complexity index is 1750. The van der Waals surface area contributed by atoms with E-state index in [4.69, 9.17) is 14.2 Å². The van der Waals surface area contributed by atoms with Crippen molar-refractivity contribution in [2.75, 3.05) is 0 Å². The Balaban J connectivity index is 1.58. The summed E-state index contributed by atoms with van der Waals surface area (Å²) in [7, 11) is 0. The molecule has 0 spiro atoms. The first-order valence-electron chi connectivity index (χ1n) is 16.8. The minimum absolute atomic E-state index is 0.0482. The minimum atomic E-state index is -1.19. The maximum absolute atomic E-state index is 14.4. The second-order valence-corrected chi connectivity index (χ2v) is 12.9. The number of carbonyl (C=O) groups is 4. The van der Waals surface area contributed by atoms with E-state index in [-0.39, 0.29) is 11.3 Å². The number of aromatic amines is 1. The molecular weight excluding hydrogens is 647 g/mol. The first-order chi connectivity index (χ1) is 23.7. The van der Waals surface area contributed by atoms with Gasteiger partial charge in [-0.2, -0.15) is 5.10 Å².